The van der Waals surface area contributed by atoms with Gasteiger partial charge in [0.25, 0.3) is 0 Å². The van der Waals surface area contributed by atoms with Crippen molar-refractivity contribution >= 4 is 33.2 Å². The number of nitrogens with zero attached hydrogens (tertiary/aromatic N) is 2. The van der Waals surface area contributed by atoms with Gasteiger partial charge in [-0.1, -0.05) is 0 Å². The van der Waals surface area contributed by atoms with Crippen LogP contribution in [-0.2, 0) is 10.2 Å². The van der Waals surface area contributed by atoms with Crippen molar-refractivity contribution in [3.05, 3.63) is 33.5 Å². The number of carbonyl (C=O) groups is 1. The summed E-state index contributed by atoms with van der Waals surface area (Å²) in [6.45, 7) is 1.87. The van der Waals surface area contributed by atoms with Crippen LogP contribution < -0.4 is 0 Å². The van der Waals surface area contributed by atoms with Crippen molar-refractivity contribution in [1.29, 1.82) is 0 Å². The van der Waals surface area contributed by atoms with E-state index in [0.717, 1.165) is 20.7 Å². The molecule has 1 aliphatic rings. The summed E-state index contributed by atoms with van der Waals surface area (Å²) in [6, 6.07) is 3.87. The van der Waals surface area contributed by atoms with E-state index in [1.165, 1.54) is 0 Å². The summed E-state index contributed by atoms with van der Waals surface area (Å²) >= 11 is 4.99. The van der Waals surface area contributed by atoms with Gasteiger partial charge in [0.2, 0.25) is 0 Å². The monoisotopic (exact) mass is 338 g/mol. The molecule has 2 aromatic rings. The van der Waals surface area contributed by atoms with Crippen LogP contribution in [0.3, 0.4) is 0 Å². The van der Waals surface area contributed by atoms with E-state index in [1.807, 2.05) is 24.4 Å². The van der Waals surface area contributed by atoms with Gasteiger partial charge in [-0.2, -0.15) is 0 Å². The fourth-order valence-electron chi connectivity index (χ4n) is 2.01. The maximum absolute atomic E-state index is 11.4. The van der Waals surface area contributed by atoms with Crippen LogP contribution in [0.2, 0.25) is 0 Å². The summed E-state index contributed by atoms with van der Waals surface area (Å²) in [5.74, 6) is -0.379. The summed E-state index contributed by atoms with van der Waals surface area (Å²) in [5.41, 5.74) is 0.748. The van der Waals surface area contributed by atoms with Crippen molar-refractivity contribution in [2.75, 3.05) is 0 Å². The Kier molecular flexibility index (Phi) is 2.94. The van der Waals surface area contributed by atoms with Gasteiger partial charge in [-0.25, -0.2) is 9.97 Å². The molecule has 0 aromatic carbocycles. The normalized spacial score (nSPS) is 16.3. The number of aromatic nitrogens is 2. The number of carboxylic acid groups (broad SMARTS) is 1. The van der Waals surface area contributed by atoms with Crippen LogP contribution in [-0.4, -0.2) is 21.0 Å². The standard InChI is InChI=1S/C13H11BrN2O2S/c1-7-4-9(10-5-8(14)6-19-10)16-11(15-7)13(2-3-13)12(17)18/h4-6H,2-3H2,1H3,(H,17,18). The average Bonchev–Trinajstić information content (AvgIpc) is 3.06. The molecule has 0 aliphatic heterocycles. The molecule has 6 heteroatoms. The van der Waals surface area contributed by atoms with Crippen molar-refractivity contribution < 1.29 is 9.90 Å². The molecule has 0 spiro atoms. The first-order valence-electron chi connectivity index (χ1n) is 5.85. The highest BCUT2D eigenvalue weighted by molar-refractivity contribution is 9.10. The van der Waals surface area contributed by atoms with Crippen molar-refractivity contribution in [2.45, 2.75) is 25.2 Å². The largest absolute Gasteiger partial charge is 0.480 e. The molecule has 3 rings (SSSR count). The minimum absolute atomic E-state index is 0.444. The van der Waals surface area contributed by atoms with Crippen LogP contribution in [0.4, 0.5) is 0 Å². The lowest BCUT2D eigenvalue weighted by Gasteiger charge is -2.10. The molecule has 1 aliphatic carbocycles. The van der Waals surface area contributed by atoms with Gasteiger partial charge in [0.1, 0.15) is 11.2 Å². The van der Waals surface area contributed by atoms with Gasteiger partial charge in [-0.15, -0.1) is 11.3 Å². The minimum atomic E-state index is -0.852. The summed E-state index contributed by atoms with van der Waals surface area (Å²) in [6.07, 6.45) is 1.25. The van der Waals surface area contributed by atoms with E-state index in [-0.39, 0.29) is 0 Å². The Hall–Kier alpha value is -1.27. The zero-order chi connectivity index (χ0) is 13.6. The third-order valence-electron chi connectivity index (χ3n) is 3.26. The van der Waals surface area contributed by atoms with Gasteiger partial charge < -0.3 is 5.11 Å². The molecule has 0 amide bonds. The van der Waals surface area contributed by atoms with E-state index in [0.29, 0.717) is 18.7 Å². The summed E-state index contributed by atoms with van der Waals surface area (Å²) in [5, 5.41) is 11.3. The van der Waals surface area contributed by atoms with Crippen LogP contribution in [0.25, 0.3) is 10.6 Å². The van der Waals surface area contributed by atoms with Gasteiger partial charge >= 0.3 is 5.97 Å². The molecule has 19 heavy (non-hydrogen) atoms. The first-order chi connectivity index (χ1) is 9.01. The summed E-state index contributed by atoms with van der Waals surface area (Å²) in [7, 11) is 0. The molecule has 0 bridgehead atoms. The van der Waals surface area contributed by atoms with E-state index in [9.17, 15) is 9.90 Å². The lowest BCUT2D eigenvalue weighted by Crippen LogP contribution is -2.23. The SMILES string of the molecule is Cc1cc(-c2cc(Br)cs2)nc(C2(C(=O)O)CC2)n1. The molecule has 0 saturated heterocycles. The average molecular weight is 339 g/mol. The maximum Gasteiger partial charge on any atom is 0.317 e. The Balaban J connectivity index is 2.09. The zero-order valence-electron chi connectivity index (χ0n) is 10.2. The van der Waals surface area contributed by atoms with Crippen LogP contribution in [0.1, 0.15) is 24.4 Å². The minimum Gasteiger partial charge on any atom is -0.480 e. The first kappa shape index (κ1) is 12.7. The van der Waals surface area contributed by atoms with Gasteiger partial charge in [0, 0.05) is 15.5 Å². The van der Waals surface area contributed by atoms with Crippen molar-refractivity contribution in [3.8, 4) is 10.6 Å². The molecule has 98 valence electrons. The molecule has 1 N–H and O–H groups in total. The smallest absolute Gasteiger partial charge is 0.317 e. The molecule has 2 heterocycles. The highest BCUT2D eigenvalue weighted by atomic mass is 79.9. The second-order valence-electron chi connectivity index (χ2n) is 4.73. The number of hydrogen-bond donors (Lipinski definition) is 1. The summed E-state index contributed by atoms with van der Waals surface area (Å²) in [4.78, 5) is 21.2. The highest BCUT2D eigenvalue weighted by Crippen LogP contribution is 2.47. The molecule has 0 atom stereocenters. The maximum atomic E-state index is 11.4. The molecule has 1 fully saturated rings. The van der Waals surface area contributed by atoms with E-state index >= 15 is 0 Å². The topological polar surface area (TPSA) is 63.1 Å². The lowest BCUT2D eigenvalue weighted by atomic mass is 10.1. The van der Waals surface area contributed by atoms with Gasteiger partial charge in [-0.3, -0.25) is 4.79 Å². The Morgan fingerprint density at radius 1 is 1.42 bits per heavy atom. The molecule has 1 saturated carbocycles. The predicted molar refractivity (Wildman–Crippen MR) is 76.3 cm³/mol. The van der Waals surface area contributed by atoms with Gasteiger partial charge in [0.15, 0.2) is 0 Å². The second kappa shape index (κ2) is 4.38. The van der Waals surface area contributed by atoms with Gasteiger partial charge in [-0.05, 0) is 47.8 Å². The van der Waals surface area contributed by atoms with E-state index < -0.39 is 11.4 Å². The molecular formula is C13H11BrN2O2S. The van der Waals surface area contributed by atoms with E-state index in [4.69, 9.17) is 0 Å². The van der Waals surface area contributed by atoms with Crippen molar-refractivity contribution in [1.82, 2.24) is 9.97 Å². The van der Waals surface area contributed by atoms with Crippen molar-refractivity contribution in [2.24, 2.45) is 0 Å². The number of hydrogen-bond acceptors (Lipinski definition) is 4. The number of aliphatic carboxylic acids is 1. The number of thiophene rings is 1. The Morgan fingerprint density at radius 3 is 2.68 bits per heavy atom. The van der Waals surface area contributed by atoms with Crippen LogP contribution in [0.15, 0.2) is 22.0 Å². The lowest BCUT2D eigenvalue weighted by molar-refractivity contribution is -0.140. The second-order valence-corrected chi connectivity index (χ2v) is 6.56. The van der Waals surface area contributed by atoms with Gasteiger partial charge in [0.05, 0.1) is 10.6 Å². The molecule has 0 unspecified atom stereocenters. The molecular weight excluding hydrogens is 328 g/mol. The van der Waals surface area contributed by atoms with E-state index in [2.05, 4.69) is 25.9 Å². The highest BCUT2D eigenvalue weighted by Gasteiger charge is 2.54. The number of aryl methyl sites for hydroxylation is 1. The van der Waals surface area contributed by atoms with Crippen LogP contribution in [0, 0.1) is 6.92 Å². The number of halogens is 1. The first-order valence-corrected chi connectivity index (χ1v) is 7.52. The number of rotatable bonds is 3. The Bertz CT molecular complexity index is 664. The Labute approximate surface area is 122 Å². The quantitative estimate of drug-likeness (QED) is 0.931. The third kappa shape index (κ3) is 2.19. The van der Waals surface area contributed by atoms with E-state index in [1.54, 1.807) is 11.3 Å². The van der Waals surface area contributed by atoms with Crippen molar-refractivity contribution in [3.63, 3.8) is 0 Å². The molecule has 2 aromatic heterocycles. The van der Waals surface area contributed by atoms with Crippen LogP contribution in [0.5, 0.6) is 0 Å². The Morgan fingerprint density at radius 2 is 2.16 bits per heavy atom. The predicted octanol–water partition coefficient (Wildman–Crippen LogP) is 3.39. The zero-order valence-corrected chi connectivity index (χ0v) is 12.6. The number of carboxylic acids is 1. The fraction of sp³-hybridized carbons (Fsp3) is 0.308. The molecule has 4 nitrogen and oxygen atoms in total. The fourth-order valence-corrected chi connectivity index (χ4v) is 3.40. The molecule has 0 radical (unpaired) electrons. The summed E-state index contributed by atoms with van der Waals surface area (Å²) < 4.78 is 1.00. The third-order valence-corrected chi connectivity index (χ3v) is 4.98. The van der Waals surface area contributed by atoms with Crippen LogP contribution >= 0.6 is 27.3 Å².